The molecule has 3 heterocycles. The molecule has 0 aromatic carbocycles. The highest BCUT2D eigenvalue weighted by Crippen LogP contribution is 2.56. The van der Waals surface area contributed by atoms with Crippen molar-refractivity contribution in [2.24, 2.45) is 5.41 Å². The molecule has 2 fully saturated rings. The van der Waals surface area contributed by atoms with Gasteiger partial charge in [0.25, 0.3) is 0 Å². The standard InChI is InChI=1S/C16H22N4OS/c1-12-8-13(19-21-12)10-20(11-15-18-6-7-22-15)14-9-16(14)2-4-17-5-3-16/h6-8,14,17H,2-5,9-11H2,1H3/t14-/m0/s1. The normalized spacial score (nSPS) is 23.3. The van der Waals surface area contributed by atoms with Crippen LogP contribution >= 0.6 is 11.3 Å². The minimum atomic E-state index is 0.529. The molecule has 6 heteroatoms. The van der Waals surface area contributed by atoms with Crippen LogP contribution < -0.4 is 5.32 Å². The number of hydrogen-bond donors (Lipinski definition) is 1. The highest BCUT2D eigenvalue weighted by molar-refractivity contribution is 7.09. The number of hydrogen-bond acceptors (Lipinski definition) is 6. The summed E-state index contributed by atoms with van der Waals surface area (Å²) in [6.07, 6.45) is 5.80. The lowest BCUT2D eigenvalue weighted by Gasteiger charge is -2.28. The van der Waals surface area contributed by atoms with E-state index in [-0.39, 0.29) is 0 Å². The van der Waals surface area contributed by atoms with E-state index in [0.29, 0.717) is 11.5 Å². The smallest absolute Gasteiger partial charge is 0.133 e. The molecule has 0 bridgehead atoms. The first-order valence-electron chi connectivity index (χ1n) is 8.01. The van der Waals surface area contributed by atoms with Crippen LogP contribution in [0, 0.1) is 12.3 Å². The van der Waals surface area contributed by atoms with E-state index in [9.17, 15) is 0 Å². The summed E-state index contributed by atoms with van der Waals surface area (Å²) in [5.74, 6) is 0.886. The van der Waals surface area contributed by atoms with Gasteiger partial charge in [-0.15, -0.1) is 11.3 Å². The first-order valence-corrected chi connectivity index (χ1v) is 8.88. The van der Waals surface area contributed by atoms with E-state index in [0.717, 1.165) is 37.6 Å². The first kappa shape index (κ1) is 14.4. The van der Waals surface area contributed by atoms with Gasteiger partial charge in [-0.05, 0) is 44.7 Å². The Morgan fingerprint density at radius 3 is 2.95 bits per heavy atom. The van der Waals surface area contributed by atoms with Crippen LogP contribution in [0.15, 0.2) is 22.2 Å². The lowest BCUT2D eigenvalue weighted by atomic mass is 9.93. The predicted molar refractivity (Wildman–Crippen MR) is 85.5 cm³/mol. The zero-order valence-electron chi connectivity index (χ0n) is 12.9. The summed E-state index contributed by atoms with van der Waals surface area (Å²) in [4.78, 5) is 7.02. The molecule has 4 rings (SSSR count). The highest BCUT2D eigenvalue weighted by atomic mass is 32.1. The Labute approximate surface area is 134 Å². The van der Waals surface area contributed by atoms with Crippen molar-refractivity contribution in [3.63, 3.8) is 0 Å². The van der Waals surface area contributed by atoms with Crippen molar-refractivity contribution in [1.29, 1.82) is 0 Å². The largest absolute Gasteiger partial charge is 0.361 e. The molecule has 1 aliphatic carbocycles. The van der Waals surface area contributed by atoms with E-state index < -0.39 is 0 Å². The van der Waals surface area contributed by atoms with Crippen LogP contribution in [0.5, 0.6) is 0 Å². The van der Waals surface area contributed by atoms with Crippen molar-refractivity contribution in [3.8, 4) is 0 Å². The van der Waals surface area contributed by atoms with Crippen LogP contribution in [0.25, 0.3) is 0 Å². The molecule has 1 saturated carbocycles. The molecule has 1 N–H and O–H groups in total. The van der Waals surface area contributed by atoms with Gasteiger partial charge in [0.05, 0.1) is 12.2 Å². The van der Waals surface area contributed by atoms with Crippen LogP contribution in [0.4, 0.5) is 0 Å². The van der Waals surface area contributed by atoms with Gasteiger partial charge in [-0.25, -0.2) is 4.98 Å². The minimum absolute atomic E-state index is 0.529. The monoisotopic (exact) mass is 318 g/mol. The SMILES string of the molecule is Cc1cc(CN(Cc2nccs2)[C@H]2CC23CCNCC3)no1. The fraction of sp³-hybridized carbons (Fsp3) is 0.625. The second-order valence-electron chi connectivity index (χ2n) is 6.59. The molecule has 5 nitrogen and oxygen atoms in total. The number of nitrogens with zero attached hydrogens (tertiary/aromatic N) is 3. The molecule has 118 valence electrons. The molecule has 1 saturated heterocycles. The zero-order valence-corrected chi connectivity index (χ0v) is 13.7. The van der Waals surface area contributed by atoms with E-state index in [1.165, 1.54) is 24.3 Å². The van der Waals surface area contributed by atoms with Gasteiger partial charge in [0.2, 0.25) is 0 Å². The number of piperidine rings is 1. The average Bonchev–Trinajstić information content (AvgIpc) is 2.90. The predicted octanol–water partition coefficient (Wildman–Crippen LogP) is 2.58. The van der Waals surface area contributed by atoms with Crippen molar-refractivity contribution in [2.45, 2.75) is 45.3 Å². The molecule has 1 aliphatic heterocycles. The third kappa shape index (κ3) is 2.83. The summed E-state index contributed by atoms with van der Waals surface area (Å²) in [6, 6.07) is 2.71. The van der Waals surface area contributed by atoms with Crippen molar-refractivity contribution in [3.05, 3.63) is 34.1 Å². The molecule has 0 amide bonds. The van der Waals surface area contributed by atoms with Crippen LogP contribution in [0.3, 0.4) is 0 Å². The molecule has 1 spiro atoms. The summed E-state index contributed by atoms with van der Waals surface area (Å²) in [7, 11) is 0. The van der Waals surface area contributed by atoms with Gasteiger partial charge < -0.3 is 9.84 Å². The lowest BCUT2D eigenvalue weighted by molar-refractivity contribution is 0.183. The maximum absolute atomic E-state index is 5.24. The summed E-state index contributed by atoms with van der Waals surface area (Å²) in [5.41, 5.74) is 1.56. The Morgan fingerprint density at radius 1 is 1.41 bits per heavy atom. The molecule has 1 atom stereocenters. The van der Waals surface area contributed by atoms with Crippen molar-refractivity contribution in [2.75, 3.05) is 13.1 Å². The van der Waals surface area contributed by atoms with Gasteiger partial charge in [0.15, 0.2) is 0 Å². The van der Waals surface area contributed by atoms with Crippen LogP contribution in [-0.2, 0) is 13.1 Å². The van der Waals surface area contributed by atoms with Crippen LogP contribution in [-0.4, -0.2) is 34.2 Å². The topological polar surface area (TPSA) is 54.2 Å². The molecule has 2 aliphatic rings. The highest BCUT2D eigenvalue weighted by Gasteiger charge is 2.56. The molecule has 0 unspecified atom stereocenters. The van der Waals surface area contributed by atoms with Gasteiger partial charge in [-0.1, -0.05) is 5.16 Å². The van der Waals surface area contributed by atoms with Gasteiger partial charge in [0, 0.05) is 30.2 Å². The van der Waals surface area contributed by atoms with Crippen molar-refractivity contribution >= 4 is 11.3 Å². The molecule has 2 aromatic rings. The van der Waals surface area contributed by atoms with Crippen LogP contribution in [0.2, 0.25) is 0 Å². The van der Waals surface area contributed by atoms with E-state index in [2.05, 4.69) is 25.7 Å². The quantitative estimate of drug-likeness (QED) is 0.918. The molecule has 22 heavy (non-hydrogen) atoms. The Hall–Kier alpha value is -1.24. The van der Waals surface area contributed by atoms with E-state index in [1.54, 1.807) is 11.3 Å². The third-order valence-electron chi connectivity index (χ3n) is 5.05. The number of aromatic nitrogens is 2. The van der Waals surface area contributed by atoms with Gasteiger partial charge in [-0.3, -0.25) is 4.90 Å². The zero-order chi connectivity index (χ0) is 15.0. The maximum atomic E-state index is 5.24. The summed E-state index contributed by atoms with van der Waals surface area (Å²) >= 11 is 1.74. The lowest BCUT2D eigenvalue weighted by Crippen LogP contribution is -2.35. The Bertz CT molecular complexity index is 618. The fourth-order valence-electron chi connectivity index (χ4n) is 3.79. The third-order valence-corrected chi connectivity index (χ3v) is 5.81. The number of thiazole rings is 1. The van der Waals surface area contributed by atoms with Gasteiger partial charge in [-0.2, -0.15) is 0 Å². The Balaban J connectivity index is 1.50. The molecular weight excluding hydrogens is 296 g/mol. The molecular formula is C16H22N4OS. The van der Waals surface area contributed by atoms with Gasteiger partial charge >= 0.3 is 0 Å². The van der Waals surface area contributed by atoms with E-state index in [4.69, 9.17) is 4.52 Å². The minimum Gasteiger partial charge on any atom is -0.361 e. The summed E-state index contributed by atoms with van der Waals surface area (Å²) < 4.78 is 5.24. The molecule has 0 radical (unpaired) electrons. The summed E-state index contributed by atoms with van der Waals surface area (Å²) in [6.45, 7) is 6.04. The molecule has 2 aromatic heterocycles. The van der Waals surface area contributed by atoms with Gasteiger partial charge in [0.1, 0.15) is 10.8 Å². The average molecular weight is 318 g/mol. The van der Waals surface area contributed by atoms with E-state index in [1.807, 2.05) is 19.2 Å². The number of nitrogens with one attached hydrogen (secondary N) is 1. The number of rotatable bonds is 5. The Morgan fingerprint density at radius 2 is 2.27 bits per heavy atom. The second-order valence-corrected chi connectivity index (χ2v) is 7.57. The maximum Gasteiger partial charge on any atom is 0.133 e. The first-order chi connectivity index (χ1) is 10.8. The van der Waals surface area contributed by atoms with Crippen molar-refractivity contribution < 1.29 is 4.52 Å². The van der Waals surface area contributed by atoms with E-state index >= 15 is 0 Å². The number of aryl methyl sites for hydroxylation is 1. The summed E-state index contributed by atoms with van der Waals surface area (Å²) in [5, 5.41) is 10.9. The van der Waals surface area contributed by atoms with Crippen LogP contribution in [0.1, 0.15) is 35.7 Å². The second kappa shape index (κ2) is 5.76. The Kier molecular flexibility index (Phi) is 3.76. The fourth-order valence-corrected chi connectivity index (χ4v) is 4.43. The van der Waals surface area contributed by atoms with Crippen molar-refractivity contribution in [1.82, 2.24) is 20.4 Å².